The molecule has 0 bridgehead atoms. The van der Waals surface area contributed by atoms with Crippen LogP contribution in [0.2, 0.25) is 0 Å². The van der Waals surface area contributed by atoms with E-state index in [-0.39, 0.29) is 23.6 Å². The highest BCUT2D eigenvalue weighted by atomic mass is 16.2. The van der Waals surface area contributed by atoms with Crippen molar-refractivity contribution in [1.29, 1.82) is 0 Å². The van der Waals surface area contributed by atoms with Crippen LogP contribution in [-0.4, -0.2) is 27.6 Å². The molecule has 0 fully saturated rings. The number of hydrogen-bond donors (Lipinski definition) is 0. The van der Waals surface area contributed by atoms with E-state index in [2.05, 4.69) is 5.10 Å². The Morgan fingerprint density at radius 3 is 2.19 bits per heavy atom. The molecular weight excluding hydrogens is 338 g/mol. The first-order valence-electron chi connectivity index (χ1n) is 9.16. The van der Waals surface area contributed by atoms with E-state index in [4.69, 9.17) is 0 Å². The molecule has 27 heavy (non-hydrogen) atoms. The van der Waals surface area contributed by atoms with Gasteiger partial charge in [-0.25, -0.2) is 4.68 Å². The van der Waals surface area contributed by atoms with Crippen molar-refractivity contribution >= 4 is 16.7 Å². The Morgan fingerprint density at radius 1 is 1.00 bits per heavy atom. The van der Waals surface area contributed by atoms with Gasteiger partial charge in [-0.05, 0) is 39.3 Å². The van der Waals surface area contributed by atoms with E-state index in [9.17, 15) is 9.59 Å². The lowest BCUT2D eigenvalue weighted by molar-refractivity contribution is 0.0736. The summed E-state index contributed by atoms with van der Waals surface area (Å²) in [5.74, 6) is -0.200. The maximum Gasteiger partial charge on any atom is 0.275 e. The van der Waals surface area contributed by atoms with Crippen LogP contribution in [0.25, 0.3) is 10.8 Å². The average Bonchev–Trinajstić information content (AvgIpc) is 2.67. The van der Waals surface area contributed by atoms with E-state index in [0.29, 0.717) is 16.5 Å². The number of hydrogen-bond acceptors (Lipinski definition) is 3. The Balaban J connectivity index is 2.08. The van der Waals surface area contributed by atoms with Gasteiger partial charge in [0.25, 0.3) is 11.5 Å². The smallest absolute Gasteiger partial charge is 0.275 e. The normalized spacial score (nSPS) is 12.4. The molecule has 2 aromatic carbocycles. The van der Waals surface area contributed by atoms with Crippen LogP contribution in [0.1, 0.15) is 54.5 Å². The van der Waals surface area contributed by atoms with Crippen LogP contribution in [0.5, 0.6) is 0 Å². The molecule has 1 aromatic heterocycles. The Bertz CT molecular complexity index is 1040. The summed E-state index contributed by atoms with van der Waals surface area (Å²) in [5, 5.41) is 5.53. The Morgan fingerprint density at radius 2 is 1.59 bits per heavy atom. The summed E-state index contributed by atoms with van der Waals surface area (Å²) in [6.45, 7) is 7.80. The quantitative estimate of drug-likeness (QED) is 0.701. The second-order valence-electron chi connectivity index (χ2n) is 7.24. The van der Waals surface area contributed by atoms with E-state index in [0.717, 1.165) is 5.56 Å². The standard InChI is InChI=1S/C22H25N3O2/c1-14(2)25-21(26)19-9-7-6-8-18(19)20(23-25)22(27)24(5)16(4)17-12-10-15(3)11-13-17/h6-14,16H,1-5H3. The highest BCUT2D eigenvalue weighted by Gasteiger charge is 2.24. The fourth-order valence-electron chi connectivity index (χ4n) is 3.13. The van der Waals surface area contributed by atoms with Gasteiger partial charge in [-0.2, -0.15) is 5.10 Å². The van der Waals surface area contributed by atoms with Gasteiger partial charge >= 0.3 is 0 Å². The molecule has 140 valence electrons. The number of aryl methyl sites for hydroxylation is 1. The van der Waals surface area contributed by atoms with Crippen LogP contribution in [0.15, 0.2) is 53.3 Å². The molecule has 0 N–H and O–H groups in total. The third-order valence-electron chi connectivity index (χ3n) is 4.98. The number of aromatic nitrogens is 2. The molecular formula is C22H25N3O2. The summed E-state index contributed by atoms with van der Waals surface area (Å²) in [4.78, 5) is 27.6. The lowest BCUT2D eigenvalue weighted by Gasteiger charge is -2.26. The zero-order valence-electron chi connectivity index (χ0n) is 16.4. The third kappa shape index (κ3) is 3.50. The van der Waals surface area contributed by atoms with E-state index in [1.165, 1.54) is 10.2 Å². The van der Waals surface area contributed by atoms with Gasteiger partial charge in [0.15, 0.2) is 5.69 Å². The van der Waals surface area contributed by atoms with E-state index >= 15 is 0 Å². The summed E-state index contributed by atoms with van der Waals surface area (Å²) < 4.78 is 1.39. The minimum absolute atomic E-state index is 0.113. The molecule has 0 saturated heterocycles. The van der Waals surface area contributed by atoms with E-state index in [1.807, 2.05) is 58.0 Å². The molecule has 1 amide bonds. The summed E-state index contributed by atoms with van der Waals surface area (Å²) >= 11 is 0. The molecule has 5 nitrogen and oxygen atoms in total. The van der Waals surface area contributed by atoms with Crippen LogP contribution in [0, 0.1) is 6.92 Å². The lowest BCUT2D eigenvalue weighted by Crippen LogP contribution is -2.34. The van der Waals surface area contributed by atoms with Gasteiger partial charge in [0.2, 0.25) is 0 Å². The SMILES string of the molecule is Cc1ccc(C(C)N(C)C(=O)c2nn(C(C)C)c(=O)c3ccccc23)cc1. The van der Waals surface area contributed by atoms with E-state index < -0.39 is 0 Å². The van der Waals surface area contributed by atoms with Crippen LogP contribution >= 0.6 is 0 Å². The monoisotopic (exact) mass is 363 g/mol. The maximum atomic E-state index is 13.3. The number of fused-ring (bicyclic) bond motifs is 1. The first kappa shape index (κ1) is 18.8. The fraction of sp³-hybridized carbons (Fsp3) is 0.318. The van der Waals surface area contributed by atoms with Crippen molar-refractivity contribution in [2.75, 3.05) is 7.05 Å². The summed E-state index contributed by atoms with van der Waals surface area (Å²) in [6, 6.07) is 15.1. The predicted octanol–water partition coefficient (Wildman–Crippen LogP) is 4.12. The number of benzene rings is 2. The minimum Gasteiger partial charge on any atom is -0.334 e. The number of amides is 1. The maximum absolute atomic E-state index is 13.3. The Labute approximate surface area is 159 Å². The largest absolute Gasteiger partial charge is 0.334 e. The molecule has 1 unspecified atom stereocenters. The zero-order valence-corrected chi connectivity index (χ0v) is 16.4. The first-order chi connectivity index (χ1) is 12.8. The van der Waals surface area contributed by atoms with Gasteiger partial charge in [-0.3, -0.25) is 9.59 Å². The van der Waals surface area contributed by atoms with Gasteiger partial charge in [-0.1, -0.05) is 48.0 Å². The van der Waals surface area contributed by atoms with Crippen molar-refractivity contribution in [1.82, 2.24) is 14.7 Å². The number of carbonyl (C=O) groups excluding carboxylic acids is 1. The molecule has 3 aromatic rings. The molecule has 0 spiro atoms. The van der Waals surface area contributed by atoms with Gasteiger partial charge < -0.3 is 4.90 Å². The van der Waals surface area contributed by atoms with Crippen molar-refractivity contribution in [3.8, 4) is 0 Å². The Hall–Kier alpha value is -2.95. The van der Waals surface area contributed by atoms with Crippen LogP contribution in [0.4, 0.5) is 0 Å². The van der Waals surface area contributed by atoms with Gasteiger partial charge in [-0.15, -0.1) is 0 Å². The third-order valence-corrected chi connectivity index (χ3v) is 4.98. The number of rotatable bonds is 4. The van der Waals surface area contributed by atoms with Crippen molar-refractivity contribution in [3.63, 3.8) is 0 Å². The topological polar surface area (TPSA) is 55.2 Å². The summed E-state index contributed by atoms with van der Waals surface area (Å²) in [5.41, 5.74) is 2.36. The van der Waals surface area contributed by atoms with Crippen LogP contribution < -0.4 is 5.56 Å². The molecule has 0 aliphatic rings. The molecule has 0 aliphatic heterocycles. The van der Waals surface area contributed by atoms with Gasteiger partial charge in [0.1, 0.15) is 0 Å². The Kier molecular flexibility index (Phi) is 5.13. The van der Waals surface area contributed by atoms with Gasteiger partial charge in [0, 0.05) is 12.4 Å². The zero-order chi connectivity index (χ0) is 19.7. The molecule has 0 saturated carbocycles. The number of nitrogens with zero attached hydrogens (tertiary/aromatic N) is 3. The van der Waals surface area contributed by atoms with Crippen molar-refractivity contribution < 1.29 is 4.79 Å². The highest BCUT2D eigenvalue weighted by Crippen LogP contribution is 2.23. The van der Waals surface area contributed by atoms with Crippen molar-refractivity contribution in [2.24, 2.45) is 0 Å². The highest BCUT2D eigenvalue weighted by molar-refractivity contribution is 6.04. The van der Waals surface area contributed by atoms with Crippen LogP contribution in [-0.2, 0) is 0 Å². The molecule has 5 heteroatoms. The minimum atomic E-state index is -0.200. The first-order valence-corrected chi connectivity index (χ1v) is 9.16. The van der Waals surface area contributed by atoms with Crippen molar-refractivity contribution in [3.05, 3.63) is 75.7 Å². The molecule has 1 atom stereocenters. The molecule has 3 rings (SSSR count). The lowest BCUT2D eigenvalue weighted by atomic mass is 10.0. The average molecular weight is 363 g/mol. The van der Waals surface area contributed by atoms with E-state index in [1.54, 1.807) is 30.1 Å². The molecule has 0 aliphatic carbocycles. The summed E-state index contributed by atoms with van der Waals surface area (Å²) in [7, 11) is 1.77. The molecule has 1 heterocycles. The number of carbonyl (C=O) groups is 1. The summed E-state index contributed by atoms with van der Waals surface area (Å²) in [6.07, 6.45) is 0. The predicted molar refractivity (Wildman–Crippen MR) is 108 cm³/mol. The second kappa shape index (κ2) is 7.35. The molecule has 0 radical (unpaired) electrons. The second-order valence-corrected chi connectivity index (χ2v) is 7.24. The van der Waals surface area contributed by atoms with Gasteiger partial charge in [0.05, 0.1) is 17.5 Å². The fourth-order valence-corrected chi connectivity index (χ4v) is 3.13. The van der Waals surface area contributed by atoms with Crippen LogP contribution in [0.3, 0.4) is 0 Å². The van der Waals surface area contributed by atoms with Crippen molar-refractivity contribution in [2.45, 2.75) is 39.8 Å².